The molecule has 37 heavy (non-hydrogen) atoms. The Morgan fingerprint density at radius 1 is 1.11 bits per heavy atom. The fourth-order valence-corrected chi connectivity index (χ4v) is 3.91. The summed E-state index contributed by atoms with van der Waals surface area (Å²) >= 11 is 0. The van der Waals surface area contributed by atoms with Crippen molar-refractivity contribution < 1.29 is 18.7 Å². The summed E-state index contributed by atoms with van der Waals surface area (Å²) in [5, 5.41) is 2.80. The molecule has 0 saturated heterocycles. The molecule has 9 nitrogen and oxygen atoms in total. The van der Waals surface area contributed by atoms with Crippen LogP contribution < -0.4 is 11.1 Å². The van der Waals surface area contributed by atoms with E-state index >= 15 is 0 Å². The summed E-state index contributed by atoms with van der Waals surface area (Å²) in [5.41, 5.74) is 9.27. The third-order valence-electron chi connectivity index (χ3n) is 5.76. The average Bonchev–Trinajstić information content (AvgIpc) is 3.46. The van der Waals surface area contributed by atoms with Crippen molar-refractivity contribution in [1.82, 2.24) is 20.2 Å². The van der Waals surface area contributed by atoms with Crippen LogP contribution in [0.15, 0.2) is 53.3 Å². The molecule has 2 heterocycles. The molecule has 0 aliphatic carbocycles. The topological polar surface area (TPSA) is 124 Å². The van der Waals surface area contributed by atoms with E-state index in [0.29, 0.717) is 31.0 Å². The van der Waals surface area contributed by atoms with Crippen LogP contribution in [0.1, 0.15) is 65.6 Å². The molecule has 2 amide bonds. The fraction of sp³-hybridized carbons (Fsp3) is 0.429. The highest BCUT2D eigenvalue weighted by Crippen LogP contribution is 2.19. The van der Waals surface area contributed by atoms with Crippen molar-refractivity contribution in [3.05, 3.63) is 71.2 Å². The maximum absolute atomic E-state index is 13.2. The molecule has 1 atom stereocenters. The van der Waals surface area contributed by atoms with Gasteiger partial charge in [-0.2, -0.15) is 0 Å². The van der Waals surface area contributed by atoms with Gasteiger partial charge in [-0.3, -0.25) is 9.59 Å². The lowest BCUT2D eigenvalue weighted by Crippen LogP contribution is -2.40. The van der Waals surface area contributed by atoms with Crippen molar-refractivity contribution >= 4 is 11.8 Å². The zero-order valence-corrected chi connectivity index (χ0v) is 21.9. The minimum atomic E-state index is -0.439. The summed E-state index contributed by atoms with van der Waals surface area (Å²) in [7, 11) is 0. The first-order valence-electron chi connectivity index (χ1n) is 12.9. The second-order valence-electron chi connectivity index (χ2n) is 8.91. The smallest absolute Gasteiger partial charge is 0.269 e. The summed E-state index contributed by atoms with van der Waals surface area (Å²) in [6, 6.07) is 10.9. The Labute approximate surface area is 218 Å². The number of ether oxygens (including phenoxy) is 1. The lowest BCUT2D eigenvalue weighted by molar-refractivity contribution is 0.0755. The molecule has 1 aromatic carbocycles. The number of benzene rings is 1. The molecule has 0 saturated carbocycles. The Bertz CT molecular complexity index is 1140. The number of aromatic nitrogens is 2. The van der Waals surface area contributed by atoms with E-state index in [1.54, 1.807) is 11.0 Å². The van der Waals surface area contributed by atoms with E-state index < -0.39 is 11.9 Å². The number of hydrogen-bond acceptors (Lipinski definition) is 7. The van der Waals surface area contributed by atoms with E-state index in [-0.39, 0.29) is 30.6 Å². The number of hydrogen-bond donors (Lipinski definition) is 2. The normalized spacial score (nSPS) is 11.8. The highest BCUT2D eigenvalue weighted by atomic mass is 16.5. The van der Waals surface area contributed by atoms with Crippen molar-refractivity contribution in [2.75, 3.05) is 26.2 Å². The number of oxazole rings is 1. The number of nitrogens with two attached hydrogens (primary N) is 1. The Morgan fingerprint density at radius 3 is 2.54 bits per heavy atom. The minimum Gasteiger partial charge on any atom is -0.443 e. The molecule has 2 aromatic heterocycles. The number of nitrogens with zero attached hydrogens (tertiary/aromatic N) is 3. The van der Waals surface area contributed by atoms with Gasteiger partial charge >= 0.3 is 0 Å². The number of rotatable bonds is 14. The summed E-state index contributed by atoms with van der Waals surface area (Å²) in [6.45, 7) is 8.34. The lowest BCUT2D eigenvalue weighted by atomic mass is 10.1. The molecule has 3 aromatic rings. The maximum atomic E-state index is 13.2. The van der Waals surface area contributed by atoms with Gasteiger partial charge in [-0.25, -0.2) is 9.97 Å². The van der Waals surface area contributed by atoms with Crippen LogP contribution in [-0.2, 0) is 17.8 Å². The fourth-order valence-electron chi connectivity index (χ4n) is 3.91. The minimum absolute atomic E-state index is 0.0940. The quantitative estimate of drug-likeness (QED) is 0.340. The lowest BCUT2D eigenvalue weighted by Gasteiger charge is -2.22. The number of carbonyl (C=O) groups is 2. The third-order valence-corrected chi connectivity index (χ3v) is 5.76. The van der Waals surface area contributed by atoms with Crippen molar-refractivity contribution in [1.29, 1.82) is 0 Å². The number of nitrogens with one attached hydrogen (secondary N) is 1. The molecular formula is C28H37N5O4. The summed E-state index contributed by atoms with van der Waals surface area (Å²) in [6.07, 6.45) is 5.54. The first-order chi connectivity index (χ1) is 17.9. The molecule has 9 heteroatoms. The molecule has 198 valence electrons. The van der Waals surface area contributed by atoms with Crippen LogP contribution >= 0.6 is 0 Å². The van der Waals surface area contributed by atoms with E-state index in [4.69, 9.17) is 14.9 Å². The van der Waals surface area contributed by atoms with Crippen LogP contribution in [0.2, 0.25) is 0 Å². The van der Waals surface area contributed by atoms with Crippen LogP contribution in [0.4, 0.5) is 0 Å². The first-order valence-corrected chi connectivity index (χ1v) is 12.9. The largest absolute Gasteiger partial charge is 0.443 e. The van der Waals surface area contributed by atoms with Gasteiger partial charge < -0.3 is 25.1 Å². The van der Waals surface area contributed by atoms with Gasteiger partial charge in [0.05, 0.1) is 19.4 Å². The second-order valence-corrected chi connectivity index (χ2v) is 8.91. The van der Waals surface area contributed by atoms with Crippen LogP contribution in [0.25, 0.3) is 11.6 Å². The van der Waals surface area contributed by atoms with Crippen LogP contribution in [0.3, 0.4) is 0 Å². The number of amides is 2. The standard InChI is InChI=1S/C28H37N5O4/c1-4-11-33(12-5-2)28(35)22-15-24(32-25(16-22)27-30-10-13-37-27)26(34)31-17-23(29)19-36-18-21-9-7-8-20(6-3)14-21/h7-10,13-16,23H,4-6,11-12,17-19,29H2,1-3H3,(H,31,34). The van der Waals surface area contributed by atoms with Gasteiger partial charge in [0.25, 0.3) is 11.8 Å². The van der Waals surface area contributed by atoms with Gasteiger partial charge in [-0.05, 0) is 42.5 Å². The molecule has 0 fully saturated rings. The Kier molecular flexibility index (Phi) is 10.8. The zero-order chi connectivity index (χ0) is 26.6. The van der Waals surface area contributed by atoms with E-state index in [9.17, 15) is 9.59 Å². The Balaban J connectivity index is 1.66. The summed E-state index contributed by atoms with van der Waals surface area (Å²) < 4.78 is 11.1. The molecule has 0 aliphatic rings. The molecule has 0 bridgehead atoms. The molecule has 1 unspecified atom stereocenters. The van der Waals surface area contributed by atoms with Gasteiger partial charge in [-0.1, -0.05) is 45.0 Å². The number of pyridine rings is 1. The van der Waals surface area contributed by atoms with Gasteiger partial charge in [0, 0.05) is 31.2 Å². The number of aryl methyl sites for hydroxylation is 1. The predicted molar refractivity (Wildman–Crippen MR) is 142 cm³/mol. The predicted octanol–water partition coefficient (Wildman–Crippen LogP) is 3.84. The van der Waals surface area contributed by atoms with Gasteiger partial charge in [-0.15, -0.1) is 0 Å². The van der Waals surface area contributed by atoms with Crippen molar-refractivity contribution in [3.63, 3.8) is 0 Å². The van der Waals surface area contributed by atoms with Gasteiger partial charge in [0.15, 0.2) is 0 Å². The molecule has 3 N–H and O–H groups in total. The summed E-state index contributed by atoms with van der Waals surface area (Å²) in [4.78, 5) is 36.5. The van der Waals surface area contributed by atoms with E-state index in [2.05, 4.69) is 34.3 Å². The molecular weight excluding hydrogens is 470 g/mol. The SMILES string of the molecule is CCCN(CCC)C(=O)c1cc(C(=O)NCC(N)COCc2cccc(CC)c2)nc(-c2ncco2)c1. The van der Waals surface area contributed by atoms with Crippen LogP contribution in [-0.4, -0.2) is 59.0 Å². The second kappa shape index (κ2) is 14.2. The van der Waals surface area contributed by atoms with Crippen molar-refractivity contribution in [2.24, 2.45) is 5.73 Å². The van der Waals surface area contributed by atoms with Crippen LogP contribution in [0.5, 0.6) is 0 Å². The van der Waals surface area contributed by atoms with E-state index in [1.807, 2.05) is 26.0 Å². The monoisotopic (exact) mass is 507 g/mol. The molecule has 0 spiro atoms. The summed E-state index contributed by atoms with van der Waals surface area (Å²) in [5.74, 6) is -0.366. The van der Waals surface area contributed by atoms with E-state index in [1.165, 1.54) is 24.1 Å². The van der Waals surface area contributed by atoms with E-state index in [0.717, 1.165) is 24.8 Å². The Hall–Kier alpha value is -3.56. The Morgan fingerprint density at radius 2 is 1.86 bits per heavy atom. The highest BCUT2D eigenvalue weighted by Gasteiger charge is 2.21. The van der Waals surface area contributed by atoms with Crippen molar-refractivity contribution in [3.8, 4) is 11.6 Å². The molecule has 0 aliphatic heterocycles. The van der Waals surface area contributed by atoms with Gasteiger partial charge in [0.2, 0.25) is 5.89 Å². The van der Waals surface area contributed by atoms with Crippen LogP contribution in [0, 0.1) is 0 Å². The maximum Gasteiger partial charge on any atom is 0.269 e. The first kappa shape index (κ1) is 28.0. The third kappa shape index (κ3) is 8.23. The van der Waals surface area contributed by atoms with Crippen molar-refractivity contribution in [2.45, 2.75) is 52.7 Å². The average molecular weight is 508 g/mol. The molecule has 3 rings (SSSR count). The zero-order valence-electron chi connectivity index (χ0n) is 21.9. The highest BCUT2D eigenvalue weighted by molar-refractivity contribution is 5.99. The molecule has 0 radical (unpaired) electrons. The number of carbonyl (C=O) groups excluding carboxylic acids is 2. The van der Waals surface area contributed by atoms with Gasteiger partial charge in [0.1, 0.15) is 17.7 Å².